The molecule has 0 saturated heterocycles. The third-order valence-electron chi connectivity index (χ3n) is 1.30. The fourth-order valence-corrected chi connectivity index (χ4v) is 0.912. The maximum atomic E-state index is 10.9. The third-order valence-corrected chi connectivity index (χ3v) is 1.79. The first-order chi connectivity index (χ1) is 4.57. The van der Waals surface area contributed by atoms with Crippen molar-refractivity contribution in [3.63, 3.8) is 0 Å². The van der Waals surface area contributed by atoms with E-state index in [0.29, 0.717) is 0 Å². The molecule has 2 atom stereocenters. The first-order valence-corrected chi connectivity index (χ1v) is 4.77. The topological polar surface area (TPSA) is 46.2 Å². The average molecular weight is 163 g/mol. The molecule has 0 bridgehead atoms. The molecule has 0 spiro atoms. The number of hydrogen-bond acceptors (Lipinski definition) is 2. The van der Waals surface area contributed by atoms with Crippen LogP contribution in [0.25, 0.3) is 0 Å². The molecule has 0 aliphatic rings. The lowest BCUT2D eigenvalue weighted by molar-refractivity contribution is -0.122. The van der Waals surface area contributed by atoms with Crippen molar-refractivity contribution in [2.75, 3.05) is 6.26 Å². The van der Waals surface area contributed by atoms with Crippen molar-refractivity contribution in [1.82, 2.24) is 4.72 Å². The van der Waals surface area contributed by atoms with E-state index in [1.165, 1.54) is 6.26 Å². The summed E-state index contributed by atoms with van der Waals surface area (Å²) < 4.78 is 12.8. The second-order valence-corrected chi connectivity index (χ2v) is 3.34. The fraction of sp³-hybridized carbons (Fsp3) is 0.833. The largest absolute Gasteiger partial charge is 0.275 e. The Morgan fingerprint density at radius 2 is 2.20 bits per heavy atom. The van der Waals surface area contributed by atoms with Gasteiger partial charge in [-0.1, -0.05) is 13.8 Å². The van der Waals surface area contributed by atoms with Crippen molar-refractivity contribution in [3.8, 4) is 0 Å². The van der Waals surface area contributed by atoms with Crippen LogP contribution >= 0.6 is 0 Å². The highest BCUT2D eigenvalue weighted by atomic mass is 32.2. The van der Waals surface area contributed by atoms with Crippen LogP contribution in [0.15, 0.2) is 0 Å². The number of carbonyl (C=O) groups excluding carboxylic acids is 1. The summed E-state index contributed by atoms with van der Waals surface area (Å²) >= 11 is 0. The van der Waals surface area contributed by atoms with E-state index in [2.05, 4.69) is 4.72 Å². The Kier molecular flexibility index (Phi) is 4.27. The molecule has 0 aliphatic heterocycles. The molecule has 3 nitrogen and oxygen atoms in total. The van der Waals surface area contributed by atoms with Crippen LogP contribution in [-0.4, -0.2) is 16.4 Å². The van der Waals surface area contributed by atoms with Gasteiger partial charge in [0.25, 0.3) is 0 Å². The molecule has 1 amide bonds. The van der Waals surface area contributed by atoms with E-state index in [-0.39, 0.29) is 11.8 Å². The summed E-state index contributed by atoms with van der Waals surface area (Å²) in [6.45, 7) is 3.73. The van der Waals surface area contributed by atoms with Crippen molar-refractivity contribution >= 4 is 16.9 Å². The van der Waals surface area contributed by atoms with Crippen LogP contribution in [0.2, 0.25) is 0 Å². The van der Waals surface area contributed by atoms with Gasteiger partial charge >= 0.3 is 0 Å². The highest BCUT2D eigenvalue weighted by Gasteiger charge is 2.09. The van der Waals surface area contributed by atoms with Gasteiger partial charge < -0.3 is 0 Å². The summed E-state index contributed by atoms with van der Waals surface area (Å²) in [5.41, 5.74) is 0. The van der Waals surface area contributed by atoms with Crippen molar-refractivity contribution in [2.24, 2.45) is 5.92 Å². The predicted molar refractivity (Wildman–Crippen MR) is 41.7 cm³/mol. The molecule has 0 fully saturated rings. The number of rotatable bonds is 3. The Balaban J connectivity index is 3.73. The normalized spacial score (nSPS) is 15.9. The fourth-order valence-electron chi connectivity index (χ4n) is 0.428. The van der Waals surface area contributed by atoms with E-state index in [4.69, 9.17) is 0 Å². The van der Waals surface area contributed by atoms with Gasteiger partial charge in [0, 0.05) is 12.2 Å². The molecule has 60 valence electrons. The van der Waals surface area contributed by atoms with E-state index in [1.807, 2.05) is 13.8 Å². The van der Waals surface area contributed by atoms with Gasteiger partial charge in [-0.05, 0) is 6.42 Å². The molecule has 0 radical (unpaired) electrons. The third kappa shape index (κ3) is 3.61. The molecule has 0 saturated carbocycles. The highest BCUT2D eigenvalue weighted by molar-refractivity contribution is 7.82. The number of amides is 1. The van der Waals surface area contributed by atoms with Gasteiger partial charge in [0.2, 0.25) is 5.91 Å². The maximum Gasteiger partial charge on any atom is 0.234 e. The standard InChI is InChI=1S/C6H13NO2S/c1-4-5(2)6(8)7-10(3)9/h5H,4H2,1-3H3,(H,7,8). The minimum Gasteiger partial charge on any atom is -0.275 e. The van der Waals surface area contributed by atoms with Crippen molar-refractivity contribution in [3.05, 3.63) is 0 Å². The second-order valence-electron chi connectivity index (χ2n) is 2.23. The predicted octanol–water partition coefficient (Wildman–Crippen LogP) is 0.442. The molecule has 0 heterocycles. The molecular weight excluding hydrogens is 150 g/mol. The number of nitrogens with one attached hydrogen (secondary N) is 1. The van der Waals surface area contributed by atoms with E-state index >= 15 is 0 Å². The zero-order valence-electron chi connectivity index (χ0n) is 6.51. The summed E-state index contributed by atoms with van der Waals surface area (Å²) in [7, 11) is -1.22. The molecule has 0 aromatic carbocycles. The highest BCUT2D eigenvalue weighted by Crippen LogP contribution is 1.99. The quantitative estimate of drug-likeness (QED) is 0.656. The van der Waals surface area contributed by atoms with Crippen molar-refractivity contribution in [1.29, 1.82) is 0 Å². The Morgan fingerprint density at radius 3 is 2.50 bits per heavy atom. The molecule has 0 aromatic rings. The molecule has 10 heavy (non-hydrogen) atoms. The average Bonchev–Trinajstić information content (AvgIpc) is 1.85. The van der Waals surface area contributed by atoms with Gasteiger partial charge in [-0.15, -0.1) is 0 Å². The molecule has 2 unspecified atom stereocenters. The van der Waals surface area contributed by atoms with Gasteiger partial charge in [0.05, 0.1) is 0 Å². The van der Waals surface area contributed by atoms with Gasteiger partial charge in [-0.3, -0.25) is 9.52 Å². The lowest BCUT2D eigenvalue weighted by Gasteiger charge is -2.05. The minimum atomic E-state index is -1.22. The molecule has 0 rings (SSSR count). The summed E-state index contributed by atoms with van der Waals surface area (Å²) in [6.07, 6.45) is 2.23. The van der Waals surface area contributed by atoms with E-state index in [0.717, 1.165) is 6.42 Å². The minimum absolute atomic E-state index is 0.0381. The first kappa shape index (κ1) is 9.62. The van der Waals surface area contributed by atoms with Gasteiger partial charge in [0.1, 0.15) is 11.0 Å². The van der Waals surface area contributed by atoms with Crippen molar-refractivity contribution < 1.29 is 9.00 Å². The smallest absolute Gasteiger partial charge is 0.234 e. The monoisotopic (exact) mass is 163 g/mol. The summed E-state index contributed by atoms with van der Waals surface area (Å²) in [4.78, 5) is 10.9. The van der Waals surface area contributed by atoms with Crippen LogP contribution in [0.1, 0.15) is 20.3 Å². The van der Waals surface area contributed by atoms with Gasteiger partial charge in [0.15, 0.2) is 0 Å². The van der Waals surface area contributed by atoms with Gasteiger partial charge in [-0.2, -0.15) is 0 Å². The van der Waals surface area contributed by atoms with Crippen molar-refractivity contribution in [2.45, 2.75) is 20.3 Å². The summed E-state index contributed by atoms with van der Waals surface area (Å²) in [6, 6.07) is 0. The van der Waals surface area contributed by atoms with Crippen LogP contribution in [0.3, 0.4) is 0 Å². The van der Waals surface area contributed by atoms with Crippen LogP contribution in [0, 0.1) is 5.92 Å². The Morgan fingerprint density at radius 1 is 1.70 bits per heavy atom. The van der Waals surface area contributed by atoms with E-state index in [1.54, 1.807) is 0 Å². The molecule has 4 heteroatoms. The molecule has 0 aliphatic carbocycles. The lowest BCUT2D eigenvalue weighted by Crippen LogP contribution is -2.29. The Labute approximate surface area is 63.8 Å². The van der Waals surface area contributed by atoms with E-state index in [9.17, 15) is 9.00 Å². The first-order valence-electron chi connectivity index (χ1n) is 3.21. The molecule has 0 aromatic heterocycles. The number of carbonyl (C=O) groups is 1. The SMILES string of the molecule is CCC(C)C(=O)NS(C)=O. The van der Waals surface area contributed by atoms with Gasteiger partial charge in [-0.25, -0.2) is 4.21 Å². The van der Waals surface area contributed by atoms with Crippen LogP contribution in [0.4, 0.5) is 0 Å². The maximum absolute atomic E-state index is 10.9. The van der Waals surface area contributed by atoms with Crippen LogP contribution in [0.5, 0.6) is 0 Å². The zero-order valence-corrected chi connectivity index (χ0v) is 7.33. The molecule has 1 N–H and O–H groups in total. The van der Waals surface area contributed by atoms with E-state index < -0.39 is 11.0 Å². The zero-order chi connectivity index (χ0) is 8.15. The Hall–Kier alpha value is -0.380. The summed E-state index contributed by atoms with van der Waals surface area (Å²) in [5, 5.41) is 0. The van der Waals surface area contributed by atoms with Crippen LogP contribution < -0.4 is 4.72 Å². The lowest BCUT2D eigenvalue weighted by atomic mass is 10.1. The van der Waals surface area contributed by atoms with Crippen LogP contribution in [-0.2, 0) is 15.8 Å². The summed E-state index contributed by atoms with van der Waals surface area (Å²) in [5.74, 6) is -0.174. The molecular formula is C6H13NO2S. The second kappa shape index (κ2) is 4.44. The Bertz CT molecular complexity index is 147. The number of hydrogen-bond donors (Lipinski definition) is 1.